The number of piperazine rings is 3. The molecule has 4 rings (SSSR count). The maximum Gasteiger partial charge on any atom is 0.0587 e. The van der Waals surface area contributed by atoms with Crippen LogP contribution in [0.5, 0.6) is 0 Å². The highest BCUT2D eigenvalue weighted by atomic mass is 15.4. The van der Waals surface area contributed by atoms with Gasteiger partial charge in [-0.25, -0.2) is 0 Å². The Balaban J connectivity index is 1.73. The maximum absolute atomic E-state index is 5.88. The van der Waals surface area contributed by atoms with Crippen LogP contribution < -0.4 is 11.3 Å². The molecule has 4 aliphatic rings. The molecule has 2 unspecified atom stereocenters. The molecule has 0 aromatic rings. The highest BCUT2D eigenvalue weighted by Crippen LogP contribution is 2.26. The molecule has 4 nitrogen and oxygen atoms in total. The summed E-state index contributed by atoms with van der Waals surface area (Å²) in [6.07, 6.45) is 8.99. The normalized spacial score (nSPS) is 38.1. The smallest absolute Gasteiger partial charge is 0.0587 e. The fourth-order valence-corrected chi connectivity index (χ4v) is 3.76. The van der Waals surface area contributed by atoms with Crippen LogP contribution in [0.15, 0.2) is 11.6 Å². The lowest BCUT2D eigenvalue weighted by Crippen LogP contribution is -2.67. The summed E-state index contributed by atoms with van der Waals surface area (Å²) in [5, 5.41) is 0. The number of nitrogens with zero attached hydrogens (tertiary/aromatic N) is 2. The van der Waals surface area contributed by atoms with Crippen LogP contribution in [0.2, 0.25) is 0 Å². The van der Waals surface area contributed by atoms with Gasteiger partial charge in [-0.15, -0.1) is 0 Å². The zero-order valence-corrected chi connectivity index (χ0v) is 11.3. The second kappa shape index (κ2) is 5.70. The molecule has 3 aliphatic heterocycles. The van der Waals surface area contributed by atoms with Crippen molar-refractivity contribution in [1.82, 2.24) is 15.2 Å². The molecular formula is C14H26N4. The lowest BCUT2D eigenvalue weighted by atomic mass is 9.91. The third-order valence-corrected chi connectivity index (χ3v) is 4.86. The van der Waals surface area contributed by atoms with Crippen LogP contribution >= 0.6 is 0 Å². The van der Waals surface area contributed by atoms with Crippen LogP contribution in [0.3, 0.4) is 0 Å². The zero-order chi connectivity index (χ0) is 12.4. The summed E-state index contributed by atoms with van der Waals surface area (Å²) in [5.41, 5.74) is 4.68. The first-order valence-corrected chi connectivity index (χ1v) is 7.50. The molecule has 0 amide bonds. The summed E-state index contributed by atoms with van der Waals surface area (Å²) < 4.78 is 0. The standard InChI is InChI=1S/C14H26N4/c15-16-14(12-5-3-1-2-4-6-12)13-11-17-7-9-18(13)10-8-17/h5,13-14,16H,1-4,6-11,15H2. The molecule has 0 aromatic heterocycles. The van der Waals surface area contributed by atoms with Gasteiger partial charge in [0, 0.05) is 38.8 Å². The van der Waals surface area contributed by atoms with E-state index < -0.39 is 0 Å². The number of nitrogens with two attached hydrogens (primary N) is 1. The van der Waals surface area contributed by atoms with Gasteiger partial charge in [-0.3, -0.25) is 21.1 Å². The fraction of sp³-hybridized carbons (Fsp3) is 0.857. The fourth-order valence-electron chi connectivity index (χ4n) is 3.76. The van der Waals surface area contributed by atoms with Crippen molar-refractivity contribution in [3.8, 4) is 0 Å². The van der Waals surface area contributed by atoms with Crippen molar-refractivity contribution in [1.29, 1.82) is 0 Å². The van der Waals surface area contributed by atoms with Crippen LogP contribution in [0, 0.1) is 0 Å². The Morgan fingerprint density at radius 1 is 1.17 bits per heavy atom. The van der Waals surface area contributed by atoms with Gasteiger partial charge in [0.05, 0.1) is 6.04 Å². The van der Waals surface area contributed by atoms with Crippen LogP contribution in [-0.4, -0.2) is 54.6 Å². The Kier molecular flexibility index (Phi) is 3.99. The molecule has 3 saturated heterocycles. The molecule has 0 spiro atoms. The molecule has 2 bridgehead atoms. The highest BCUT2D eigenvalue weighted by molar-refractivity contribution is 5.17. The van der Waals surface area contributed by atoms with Gasteiger partial charge >= 0.3 is 0 Å². The molecule has 3 fully saturated rings. The van der Waals surface area contributed by atoms with Crippen molar-refractivity contribution in [2.24, 2.45) is 5.84 Å². The summed E-state index contributed by atoms with van der Waals surface area (Å²) in [7, 11) is 0. The average Bonchev–Trinajstić information content (AvgIpc) is 2.70. The Labute approximate surface area is 110 Å². The van der Waals surface area contributed by atoms with Gasteiger partial charge in [0.1, 0.15) is 0 Å². The summed E-state index contributed by atoms with van der Waals surface area (Å²) in [5.74, 6) is 5.88. The number of nitrogens with one attached hydrogen (secondary N) is 1. The quantitative estimate of drug-likeness (QED) is 0.440. The third kappa shape index (κ3) is 2.48. The predicted molar refractivity (Wildman–Crippen MR) is 74.1 cm³/mol. The van der Waals surface area contributed by atoms with Gasteiger partial charge in [0.15, 0.2) is 0 Å². The second-order valence-electron chi connectivity index (χ2n) is 5.93. The third-order valence-electron chi connectivity index (χ3n) is 4.86. The molecule has 3 heterocycles. The van der Waals surface area contributed by atoms with Gasteiger partial charge < -0.3 is 0 Å². The number of hydrazine groups is 1. The molecule has 0 saturated carbocycles. The second-order valence-corrected chi connectivity index (χ2v) is 5.93. The summed E-state index contributed by atoms with van der Waals surface area (Å²) in [6.45, 7) is 6.11. The van der Waals surface area contributed by atoms with E-state index in [9.17, 15) is 0 Å². The molecule has 4 heteroatoms. The monoisotopic (exact) mass is 250 g/mol. The molecule has 0 aromatic carbocycles. The topological polar surface area (TPSA) is 44.5 Å². The van der Waals surface area contributed by atoms with E-state index in [1.165, 1.54) is 64.8 Å². The lowest BCUT2D eigenvalue weighted by Gasteiger charge is -2.50. The minimum atomic E-state index is 0.367. The highest BCUT2D eigenvalue weighted by Gasteiger charge is 2.37. The van der Waals surface area contributed by atoms with E-state index in [2.05, 4.69) is 21.3 Å². The molecule has 3 N–H and O–H groups in total. The van der Waals surface area contributed by atoms with Gasteiger partial charge in [0.2, 0.25) is 0 Å². The maximum atomic E-state index is 5.88. The molecule has 2 atom stereocenters. The summed E-state index contributed by atoms with van der Waals surface area (Å²) >= 11 is 0. The SMILES string of the molecule is NNC(C1=CCCCCC1)C1CN2CCN1CC2. The van der Waals surface area contributed by atoms with E-state index >= 15 is 0 Å². The molecule has 18 heavy (non-hydrogen) atoms. The van der Waals surface area contributed by atoms with Crippen LogP contribution in [0.25, 0.3) is 0 Å². The lowest BCUT2D eigenvalue weighted by molar-refractivity contribution is 0.00167. The van der Waals surface area contributed by atoms with Crippen molar-refractivity contribution in [2.45, 2.75) is 44.2 Å². The van der Waals surface area contributed by atoms with Crippen molar-refractivity contribution < 1.29 is 0 Å². The Morgan fingerprint density at radius 2 is 2.00 bits per heavy atom. The largest absolute Gasteiger partial charge is 0.299 e. The summed E-state index contributed by atoms with van der Waals surface area (Å²) in [6, 6.07) is 0.952. The minimum absolute atomic E-state index is 0.367. The number of rotatable bonds is 3. The average molecular weight is 250 g/mol. The van der Waals surface area contributed by atoms with Crippen LogP contribution in [0.4, 0.5) is 0 Å². The molecule has 1 aliphatic carbocycles. The minimum Gasteiger partial charge on any atom is -0.299 e. The van der Waals surface area contributed by atoms with Crippen LogP contribution in [-0.2, 0) is 0 Å². The Hall–Kier alpha value is -0.420. The van der Waals surface area contributed by atoms with Crippen LogP contribution in [0.1, 0.15) is 32.1 Å². The molecule has 0 radical (unpaired) electrons. The van der Waals surface area contributed by atoms with E-state index in [1.54, 1.807) is 5.57 Å². The van der Waals surface area contributed by atoms with Gasteiger partial charge in [-0.1, -0.05) is 18.1 Å². The van der Waals surface area contributed by atoms with E-state index in [1.807, 2.05) is 0 Å². The van der Waals surface area contributed by atoms with Gasteiger partial charge in [0.25, 0.3) is 0 Å². The zero-order valence-electron chi connectivity index (χ0n) is 11.3. The van der Waals surface area contributed by atoms with E-state index in [4.69, 9.17) is 5.84 Å². The number of hydrogen-bond acceptors (Lipinski definition) is 4. The molecule has 102 valence electrons. The van der Waals surface area contributed by atoms with Crippen molar-refractivity contribution in [3.63, 3.8) is 0 Å². The first kappa shape index (κ1) is 12.6. The van der Waals surface area contributed by atoms with Gasteiger partial charge in [-0.05, 0) is 25.7 Å². The van der Waals surface area contributed by atoms with Crippen molar-refractivity contribution >= 4 is 0 Å². The predicted octanol–water partition coefficient (Wildman–Crippen LogP) is 0.709. The van der Waals surface area contributed by atoms with E-state index in [0.717, 1.165) is 0 Å². The van der Waals surface area contributed by atoms with Crippen molar-refractivity contribution in [2.75, 3.05) is 32.7 Å². The van der Waals surface area contributed by atoms with E-state index in [-0.39, 0.29) is 0 Å². The number of allylic oxidation sites excluding steroid dienone is 1. The Bertz CT molecular complexity index is 307. The Morgan fingerprint density at radius 3 is 2.67 bits per heavy atom. The summed E-state index contributed by atoms with van der Waals surface area (Å²) in [4.78, 5) is 5.22. The van der Waals surface area contributed by atoms with E-state index in [0.29, 0.717) is 12.1 Å². The molecular weight excluding hydrogens is 224 g/mol. The van der Waals surface area contributed by atoms with Gasteiger partial charge in [-0.2, -0.15) is 0 Å². The first-order valence-electron chi connectivity index (χ1n) is 7.50. The van der Waals surface area contributed by atoms with Crippen molar-refractivity contribution in [3.05, 3.63) is 11.6 Å². The first-order chi connectivity index (χ1) is 8.88. The number of hydrogen-bond donors (Lipinski definition) is 2. The number of fused-ring (bicyclic) bond motifs is 3.